The highest BCUT2D eigenvalue weighted by Crippen LogP contribution is 2.23. The predicted octanol–water partition coefficient (Wildman–Crippen LogP) is 7.05. The number of hydrogen-bond donors (Lipinski definition) is 3. The van der Waals surface area contributed by atoms with E-state index in [-0.39, 0.29) is 6.61 Å². The van der Waals surface area contributed by atoms with Crippen LogP contribution >= 0.6 is 0 Å². The molecule has 0 aliphatic heterocycles. The third kappa shape index (κ3) is 20.3. The molecule has 0 fully saturated rings. The number of aliphatic hydroxyl groups is 3. The van der Waals surface area contributed by atoms with E-state index < -0.39 is 35.3 Å². The van der Waals surface area contributed by atoms with Crippen LogP contribution in [0.4, 0.5) is 0 Å². The van der Waals surface area contributed by atoms with Crippen molar-refractivity contribution in [3.8, 4) is 0 Å². The van der Waals surface area contributed by atoms with Crippen LogP contribution in [0.25, 0.3) is 0 Å². The van der Waals surface area contributed by atoms with E-state index in [0.717, 1.165) is 50.5 Å². The van der Waals surface area contributed by atoms with E-state index in [1.807, 2.05) is 6.92 Å². The molecule has 0 bridgehead atoms. The molecule has 7 nitrogen and oxygen atoms in total. The first-order chi connectivity index (χ1) is 18.9. The predicted molar refractivity (Wildman–Crippen MR) is 166 cm³/mol. The number of hydrogen-bond acceptors (Lipinski definition) is 7. The van der Waals surface area contributed by atoms with Crippen molar-refractivity contribution < 1.29 is 34.4 Å². The van der Waals surface area contributed by atoms with E-state index in [9.17, 15) is 24.9 Å². The molecule has 41 heavy (non-hydrogen) atoms. The Hall–Kier alpha value is -2.22. The zero-order valence-corrected chi connectivity index (χ0v) is 27.2. The molecule has 0 saturated heterocycles. The van der Waals surface area contributed by atoms with Gasteiger partial charge in [0.2, 0.25) is 0 Å². The summed E-state index contributed by atoms with van der Waals surface area (Å²) < 4.78 is 10.3. The Kier molecular flexibility index (Phi) is 18.7. The highest BCUT2D eigenvalue weighted by Gasteiger charge is 2.35. The molecule has 0 aromatic heterocycles. The molecule has 7 heteroatoms. The first-order valence-electron chi connectivity index (χ1n) is 15.0. The Morgan fingerprint density at radius 3 is 1.49 bits per heavy atom. The second-order valence-electron chi connectivity index (χ2n) is 12.3. The first kappa shape index (κ1) is 38.8. The summed E-state index contributed by atoms with van der Waals surface area (Å²) in [6.45, 7) is 15.6. The largest absolute Gasteiger partial charge is 0.463 e. The van der Waals surface area contributed by atoms with E-state index in [1.54, 1.807) is 13.8 Å². The van der Waals surface area contributed by atoms with Crippen LogP contribution in [0.1, 0.15) is 127 Å². The Labute approximate surface area is 249 Å². The van der Waals surface area contributed by atoms with Crippen LogP contribution in [0.15, 0.2) is 46.6 Å². The summed E-state index contributed by atoms with van der Waals surface area (Å²) in [6, 6.07) is 0. The van der Waals surface area contributed by atoms with Gasteiger partial charge in [0.15, 0.2) is 0 Å². The summed E-state index contributed by atoms with van der Waals surface area (Å²) in [5, 5.41) is 30.5. The fourth-order valence-corrected chi connectivity index (χ4v) is 4.27. The number of aliphatic hydroxyl groups excluding tert-OH is 1. The van der Waals surface area contributed by atoms with Gasteiger partial charge in [-0.25, -0.2) is 0 Å². The van der Waals surface area contributed by atoms with Gasteiger partial charge < -0.3 is 24.8 Å². The summed E-state index contributed by atoms with van der Waals surface area (Å²) in [4.78, 5) is 22.7. The minimum atomic E-state index is -1.46. The molecule has 236 valence electrons. The monoisotopic (exact) mass is 578 g/mol. The van der Waals surface area contributed by atoms with Crippen LogP contribution in [-0.2, 0) is 19.1 Å². The van der Waals surface area contributed by atoms with Crippen molar-refractivity contribution in [3.63, 3.8) is 0 Å². The minimum Gasteiger partial charge on any atom is -0.463 e. The van der Waals surface area contributed by atoms with Crippen molar-refractivity contribution in [3.05, 3.63) is 46.6 Å². The van der Waals surface area contributed by atoms with E-state index in [4.69, 9.17) is 9.47 Å². The molecule has 3 atom stereocenters. The SMILES string of the molecule is CC(=O)OC[C@@](C)(O)[C@@H](CC/C(C)=C/CC/C(C)=C/CC/C=C(\C)CC/C=C(\C)CC[C@@H](O)C(C)(C)O)OC(C)=O. The molecule has 3 N–H and O–H groups in total. The zero-order valence-electron chi connectivity index (χ0n) is 27.2. The molecule has 0 spiro atoms. The second-order valence-corrected chi connectivity index (χ2v) is 12.3. The Bertz CT molecular complexity index is 916. The first-order valence-corrected chi connectivity index (χ1v) is 15.0. The number of rotatable bonds is 20. The summed E-state index contributed by atoms with van der Waals surface area (Å²) >= 11 is 0. The van der Waals surface area contributed by atoms with E-state index in [2.05, 4.69) is 45.1 Å². The number of allylic oxidation sites excluding steroid dienone is 8. The molecule has 0 amide bonds. The van der Waals surface area contributed by atoms with Crippen LogP contribution in [0, 0.1) is 0 Å². The van der Waals surface area contributed by atoms with E-state index >= 15 is 0 Å². The van der Waals surface area contributed by atoms with Gasteiger partial charge in [-0.2, -0.15) is 0 Å². The molecule has 0 saturated carbocycles. The van der Waals surface area contributed by atoms with Gasteiger partial charge in [-0.1, -0.05) is 46.6 Å². The van der Waals surface area contributed by atoms with Crippen molar-refractivity contribution in [2.75, 3.05) is 6.61 Å². The maximum absolute atomic E-state index is 11.5. The lowest BCUT2D eigenvalue weighted by Crippen LogP contribution is -2.46. The molecule has 0 aromatic carbocycles. The molecule has 0 heterocycles. The number of unbranched alkanes of at least 4 members (excludes halogenated alkanes) is 1. The minimum absolute atomic E-state index is 0.227. The normalized spacial score (nSPS) is 16.7. The smallest absolute Gasteiger partial charge is 0.303 e. The van der Waals surface area contributed by atoms with Crippen molar-refractivity contribution in [2.45, 2.75) is 150 Å². The van der Waals surface area contributed by atoms with Crippen molar-refractivity contribution in [1.29, 1.82) is 0 Å². The lowest BCUT2D eigenvalue weighted by atomic mass is 9.94. The summed E-state index contributed by atoms with van der Waals surface area (Å²) in [5.41, 5.74) is 2.64. The molecule has 0 rings (SSSR count). The van der Waals surface area contributed by atoms with Crippen LogP contribution < -0.4 is 0 Å². The highest BCUT2D eigenvalue weighted by atomic mass is 16.6. The van der Waals surface area contributed by atoms with Gasteiger partial charge in [-0.3, -0.25) is 9.59 Å². The van der Waals surface area contributed by atoms with Crippen LogP contribution in [0.5, 0.6) is 0 Å². The number of ether oxygens (including phenoxy) is 2. The number of carbonyl (C=O) groups excluding carboxylic acids is 2. The lowest BCUT2D eigenvalue weighted by molar-refractivity contribution is -0.173. The molecule has 0 aliphatic carbocycles. The standard InChI is InChI=1S/C34H58O7/c1-25(16-12-18-27(3)20-22-31(37)33(7,8)38)14-10-11-15-26(2)17-13-19-28(4)21-23-32(41-30(6)36)34(9,39)24-40-29(5)35/h14-15,18-19,31-32,37-39H,10-13,16-17,20-24H2,1-9H3/b25-14+,26-15+,27-18+,28-19+/t31-,32-,34-/m1/s1. The number of carbonyl (C=O) groups is 2. The summed E-state index contributed by atoms with van der Waals surface area (Å²) in [7, 11) is 0. The average Bonchev–Trinajstić information content (AvgIpc) is 2.85. The zero-order chi connectivity index (χ0) is 31.6. The maximum Gasteiger partial charge on any atom is 0.303 e. The molecule has 0 aromatic rings. The topological polar surface area (TPSA) is 113 Å². The summed E-state index contributed by atoms with van der Waals surface area (Å²) in [5.74, 6) is -0.970. The lowest BCUT2D eigenvalue weighted by Gasteiger charge is -2.31. The van der Waals surface area contributed by atoms with Crippen molar-refractivity contribution >= 4 is 11.9 Å². The molecule has 0 radical (unpaired) electrons. The average molecular weight is 579 g/mol. The van der Waals surface area contributed by atoms with Crippen LogP contribution in [0.3, 0.4) is 0 Å². The fraction of sp³-hybridized carbons (Fsp3) is 0.706. The van der Waals surface area contributed by atoms with Gasteiger partial charge >= 0.3 is 11.9 Å². The van der Waals surface area contributed by atoms with E-state index in [1.165, 1.54) is 37.5 Å². The Morgan fingerprint density at radius 2 is 1.07 bits per heavy atom. The van der Waals surface area contributed by atoms with Gasteiger partial charge in [0.1, 0.15) is 18.3 Å². The molecule has 0 unspecified atom stereocenters. The second kappa shape index (κ2) is 19.8. The highest BCUT2D eigenvalue weighted by molar-refractivity contribution is 5.66. The molecular formula is C34H58O7. The fourth-order valence-electron chi connectivity index (χ4n) is 4.27. The number of esters is 2. The Morgan fingerprint density at radius 1 is 0.659 bits per heavy atom. The van der Waals surface area contributed by atoms with Crippen molar-refractivity contribution in [1.82, 2.24) is 0 Å². The van der Waals surface area contributed by atoms with Gasteiger partial charge in [-0.05, 0) is 113 Å². The quantitative estimate of drug-likeness (QED) is 0.0806. The van der Waals surface area contributed by atoms with Gasteiger partial charge in [0.05, 0.1) is 11.7 Å². The van der Waals surface area contributed by atoms with Gasteiger partial charge in [-0.15, -0.1) is 0 Å². The van der Waals surface area contributed by atoms with Crippen molar-refractivity contribution in [2.24, 2.45) is 0 Å². The molecule has 0 aliphatic rings. The van der Waals surface area contributed by atoms with Crippen LogP contribution in [0.2, 0.25) is 0 Å². The van der Waals surface area contributed by atoms with E-state index in [0.29, 0.717) is 19.3 Å². The van der Waals surface area contributed by atoms with Gasteiger partial charge in [0.25, 0.3) is 0 Å². The Balaban J connectivity index is 4.49. The maximum atomic E-state index is 11.5. The third-order valence-electron chi connectivity index (χ3n) is 7.21. The van der Waals surface area contributed by atoms with Gasteiger partial charge in [0, 0.05) is 13.8 Å². The molecular weight excluding hydrogens is 520 g/mol. The van der Waals surface area contributed by atoms with Crippen LogP contribution in [-0.4, -0.2) is 57.3 Å². The third-order valence-corrected chi connectivity index (χ3v) is 7.21. The summed E-state index contributed by atoms with van der Waals surface area (Å²) in [6.07, 6.45) is 16.0.